The van der Waals surface area contributed by atoms with E-state index in [1.165, 1.54) is 12.1 Å². The molecule has 29 heavy (non-hydrogen) atoms. The number of hydrogen-bond donors (Lipinski definition) is 3. The minimum Gasteiger partial charge on any atom is -0.507 e. The highest BCUT2D eigenvalue weighted by atomic mass is 16.4. The summed E-state index contributed by atoms with van der Waals surface area (Å²) in [5.74, 6) is -0.263. The van der Waals surface area contributed by atoms with Gasteiger partial charge in [0.25, 0.3) is 0 Å². The van der Waals surface area contributed by atoms with Crippen molar-refractivity contribution in [2.75, 3.05) is 0 Å². The second kappa shape index (κ2) is 7.02. The van der Waals surface area contributed by atoms with Gasteiger partial charge in [-0.15, -0.1) is 0 Å². The number of benzene rings is 2. The number of aromatic nitrogens is 2. The fourth-order valence-corrected chi connectivity index (χ4v) is 3.00. The van der Waals surface area contributed by atoms with Crippen molar-refractivity contribution in [3.63, 3.8) is 0 Å². The molecule has 0 fully saturated rings. The number of carboxylic acid groups (broad SMARTS) is 1. The molecule has 7 heteroatoms. The fourth-order valence-electron chi connectivity index (χ4n) is 3.00. The van der Waals surface area contributed by atoms with Gasteiger partial charge in [0.15, 0.2) is 0 Å². The Morgan fingerprint density at radius 2 is 2.03 bits per heavy atom. The summed E-state index contributed by atoms with van der Waals surface area (Å²) in [7, 11) is 0. The van der Waals surface area contributed by atoms with Gasteiger partial charge in [-0.05, 0) is 48.9 Å². The Labute approximate surface area is 165 Å². The van der Waals surface area contributed by atoms with E-state index in [-0.39, 0.29) is 11.3 Å². The molecule has 7 nitrogen and oxygen atoms in total. The number of furan rings is 1. The zero-order chi connectivity index (χ0) is 20.5. The van der Waals surface area contributed by atoms with Gasteiger partial charge in [0.1, 0.15) is 34.7 Å². The monoisotopic (exact) mass is 385 g/mol. The SMILES string of the molecule is Cc1ccc2nc(/C(C#N)=C/c3ccc(-c4ccc(C(=O)O)c(O)c4)o3)[nH]c2c1. The molecule has 2 aromatic carbocycles. The van der Waals surface area contributed by atoms with Crippen LogP contribution in [0.15, 0.2) is 52.9 Å². The number of carboxylic acids is 1. The maximum atomic E-state index is 11.0. The lowest BCUT2D eigenvalue weighted by Crippen LogP contribution is -1.96. The fraction of sp³-hybridized carbons (Fsp3) is 0.0455. The molecule has 0 aliphatic rings. The maximum absolute atomic E-state index is 11.0. The third kappa shape index (κ3) is 3.47. The topological polar surface area (TPSA) is 123 Å². The van der Waals surface area contributed by atoms with Crippen LogP contribution in [0.1, 0.15) is 27.5 Å². The molecule has 0 spiro atoms. The van der Waals surface area contributed by atoms with Crippen LogP contribution in [0.4, 0.5) is 0 Å². The largest absolute Gasteiger partial charge is 0.507 e. The molecule has 0 aliphatic heterocycles. The Kier molecular flexibility index (Phi) is 4.37. The molecule has 0 saturated heterocycles. The van der Waals surface area contributed by atoms with Crippen molar-refractivity contribution < 1.29 is 19.4 Å². The molecule has 3 N–H and O–H groups in total. The van der Waals surface area contributed by atoms with Crippen molar-refractivity contribution in [1.29, 1.82) is 5.26 Å². The molecule has 142 valence electrons. The Morgan fingerprint density at radius 1 is 1.21 bits per heavy atom. The molecule has 0 amide bonds. The number of nitrogens with zero attached hydrogens (tertiary/aromatic N) is 2. The first kappa shape index (κ1) is 18.1. The first-order valence-electron chi connectivity index (χ1n) is 8.69. The van der Waals surface area contributed by atoms with Crippen molar-refractivity contribution >= 4 is 28.7 Å². The number of hydrogen-bond acceptors (Lipinski definition) is 5. The number of aromatic amines is 1. The van der Waals surface area contributed by atoms with E-state index in [0.717, 1.165) is 16.6 Å². The minimum atomic E-state index is -1.21. The van der Waals surface area contributed by atoms with Crippen LogP contribution in [-0.4, -0.2) is 26.2 Å². The van der Waals surface area contributed by atoms with Gasteiger partial charge in [0.05, 0.1) is 16.6 Å². The number of aromatic carboxylic acids is 1. The van der Waals surface area contributed by atoms with Crippen LogP contribution in [0.2, 0.25) is 0 Å². The number of phenols is 1. The maximum Gasteiger partial charge on any atom is 0.339 e. The Morgan fingerprint density at radius 3 is 2.76 bits per heavy atom. The van der Waals surface area contributed by atoms with Crippen molar-refractivity contribution in [3.05, 3.63) is 71.2 Å². The van der Waals surface area contributed by atoms with Crippen molar-refractivity contribution in [3.8, 4) is 23.1 Å². The van der Waals surface area contributed by atoms with Gasteiger partial charge in [-0.3, -0.25) is 0 Å². The highest BCUT2D eigenvalue weighted by Gasteiger charge is 2.13. The molecule has 0 saturated carbocycles. The standard InChI is InChI=1S/C22H15N3O4/c1-12-2-6-17-18(8-12)25-21(24-17)14(11-23)9-15-4-7-20(29-15)13-3-5-16(22(27)28)19(26)10-13/h2-10,26H,1H3,(H,24,25)(H,27,28)/b14-9+. The zero-order valence-electron chi connectivity index (χ0n) is 15.3. The van der Waals surface area contributed by atoms with Crippen molar-refractivity contribution in [2.24, 2.45) is 0 Å². The van der Waals surface area contributed by atoms with E-state index in [0.29, 0.717) is 28.5 Å². The van der Waals surface area contributed by atoms with E-state index >= 15 is 0 Å². The quantitative estimate of drug-likeness (QED) is 0.441. The second-order valence-electron chi connectivity index (χ2n) is 6.51. The van der Waals surface area contributed by atoms with Crippen molar-refractivity contribution in [2.45, 2.75) is 6.92 Å². The highest BCUT2D eigenvalue weighted by Crippen LogP contribution is 2.29. The van der Waals surface area contributed by atoms with Crippen LogP contribution in [-0.2, 0) is 0 Å². The lowest BCUT2D eigenvalue weighted by Gasteiger charge is -2.02. The number of nitriles is 1. The molecule has 0 unspecified atom stereocenters. The summed E-state index contributed by atoms with van der Waals surface area (Å²) in [6, 6.07) is 15.5. The number of aryl methyl sites for hydroxylation is 1. The minimum absolute atomic E-state index is 0.188. The summed E-state index contributed by atoms with van der Waals surface area (Å²) < 4.78 is 5.74. The van der Waals surface area contributed by atoms with Crippen LogP contribution in [0, 0.1) is 18.3 Å². The average Bonchev–Trinajstić information content (AvgIpc) is 3.32. The first-order chi connectivity index (χ1) is 13.9. The van der Waals surface area contributed by atoms with Gasteiger partial charge in [-0.1, -0.05) is 12.1 Å². The normalized spacial score (nSPS) is 11.5. The van der Waals surface area contributed by atoms with Crippen LogP contribution in [0.3, 0.4) is 0 Å². The molecule has 0 atom stereocenters. The lowest BCUT2D eigenvalue weighted by atomic mass is 10.1. The summed E-state index contributed by atoms with van der Waals surface area (Å²) in [5.41, 5.74) is 3.33. The summed E-state index contributed by atoms with van der Waals surface area (Å²) in [6.45, 7) is 1.98. The van der Waals surface area contributed by atoms with Crippen LogP contribution >= 0.6 is 0 Å². The molecule has 0 radical (unpaired) electrons. The number of allylic oxidation sites excluding steroid dienone is 1. The molecular formula is C22H15N3O4. The third-order valence-electron chi connectivity index (χ3n) is 4.44. The molecule has 2 aromatic heterocycles. The highest BCUT2D eigenvalue weighted by molar-refractivity contribution is 5.92. The number of H-pyrrole nitrogens is 1. The van der Waals surface area contributed by atoms with Gasteiger partial charge >= 0.3 is 5.97 Å². The van der Waals surface area contributed by atoms with E-state index in [1.54, 1.807) is 24.3 Å². The molecule has 4 aromatic rings. The van der Waals surface area contributed by atoms with Gasteiger partial charge in [0.2, 0.25) is 0 Å². The Balaban J connectivity index is 1.67. The van der Waals surface area contributed by atoms with Crippen molar-refractivity contribution in [1.82, 2.24) is 9.97 Å². The van der Waals surface area contributed by atoms with Crippen LogP contribution < -0.4 is 0 Å². The van der Waals surface area contributed by atoms with E-state index in [2.05, 4.69) is 16.0 Å². The first-order valence-corrected chi connectivity index (χ1v) is 8.69. The zero-order valence-corrected chi connectivity index (χ0v) is 15.3. The molecule has 0 bridgehead atoms. The van der Waals surface area contributed by atoms with E-state index < -0.39 is 5.97 Å². The van der Waals surface area contributed by atoms with Crippen LogP contribution in [0.25, 0.3) is 34.0 Å². The molecule has 4 rings (SSSR count). The number of nitrogens with one attached hydrogen (secondary N) is 1. The molecular weight excluding hydrogens is 370 g/mol. The summed E-state index contributed by atoms with van der Waals surface area (Å²) in [6.07, 6.45) is 1.57. The number of rotatable bonds is 4. The van der Waals surface area contributed by atoms with Gasteiger partial charge < -0.3 is 19.6 Å². The Hall–Kier alpha value is -4.31. The summed E-state index contributed by atoms with van der Waals surface area (Å²) >= 11 is 0. The summed E-state index contributed by atoms with van der Waals surface area (Å²) in [4.78, 5) is 18.6. The third-order valence-corrected chi connectivity index (χ3v) is 4.44. The average molecular weight is 385 g/mol. The predicted molar refractivity (Wildman–Crippen MR) is 107 cm³/mol. The summed E-state index contributed by atoms with van der Waals surface area (Å²) in [5, 5.41) is 28.4. The number of carbonyl (C=O) groups is 1. The Bertz CT molecular complexity index is 1320. The number of aromatic hydroxyl groups is 1. The number of imidazole rings is 1. The smallest absolute Gasteiger partial charge is 0.339 e. The van der Waals surface area contributed by atoms with E-state index in [4.69, 9.17) is 9.52 Å². The second-order valence-corrected chi connectivity index (χ2v) is 6.51. The molecule has 2 heterocycles. The van der Waals surface area contributed by atoms with Gasteiger partial charge in [-0.25, -0.2) is 9.78 Å². The molecule has 0 aliphatic carbocycles. The van der Waals surface area contributed by atoms with Gasteiger partial charge in [0, 0.05) is 11.6 Å². The number of fused-ring (bicyclic) bond motifs is 1. The van der Waals surface area contributed by atoms with Crippen LogP contribution in [0.5, 0.6) is 5.75 Å². The van der Waals surface area contributed by atoms with Gasteiger partial charge in [-0.2, -0.15) is 5.26 Å². The van der Waals surface area contributed by atoms with E-state index in [9.17, 15) is 15.2 Å². The van der Waals surface area contributed by atoms with E-state index in [1.807, 2.05) is 25.1 Å². The predicted octanol–water partition coefficient (Wildman–Crippen LogP) is 4.60. The lowest BCUT2D eigenvalue weighted by molar-refractivity contribution is 0.0693.